The van der Waals surface area contributed by atoms with Crippen LogP contribution >= 0.6 is 11.8 Å². The lowest BCUT2D eigenvalue weighted by molar-refractivity contribution is -0.118. The highest BCUT2D eigenvalue weighted by Crippen LogP contribution is 2.11. The molecule has 0 aliphatic carbocycles. The van der Waals surface area contributed by atoms with Gasteiger partial charge in [-0.05, 0) is 32.8 Å². The molecule has 25 heavy (non-hydrogen) atoms. The monoisotopic (exact) mass is 363 g/mol. The van der Waals surface area contributed by atoms with Crippen molar-refractivity contribution in [3.63, 3.8) is 0 Å². The topological polar surface area (TPSA) is 92.7 Å². The Morgan fingerprint density at radius 1 is 1.36 bits per heavy atom. The Morgan fingerprint density at radius 2 is 2.16 bits per heavy atom. The summed E-state index contributed by atoms with van der Waals surface area (Å²) in [7, 11) is 0. The number of amides is 1. The van der Waals surface area contributed by atoms with Crippen LogP contribution in [-0.4, -0.2) is 38.0 Å². The van der Waals surface area contributed by atoms with Gasteiger partial charge >= 0.3 is 0 Å². The highest BCUT2D eigenvalue weighted by Gasteiger charge is 2.06. The van der Waals surface area contributed by atoms with Gasteiger partial charge in [-0.25, -0.2) is 4.98 Å². The Bertz CT molecular complexity index is 769. The predicted molar refractivity (Wildman–Crippen MR) is 98.9 cm³/mol. The molecule has 0 saturated carbocycles. The third kappa shape index (κ3) is 6.38. The van der Waals surface area contributed by atoms with Crippen LogP contribution in [0.25, 0.3) is 0 Å². The number of thioether (sulfide) groups is 1. The number of hydrogen-bond acceptors (Lipinski definition) is 5. The minimum Gasteiger partial charge on any atom is -0.355 e. The molecule has 2 heterocycles. The zero-order valence-electron chi connectivity index (χ0n) is 15.0. The molecule has 7 nitrogen and oxygen atoms in total. The van der Waals surface area contributed by atoms with E-state index in [1.165, 1.54) is 17.8 Å². The van der Waals surface area contributed by atoms with E-state index in [0.29, 0.717) is 11.7 Å². The summed E-state index contributed by atoms with van der Waals surface area (Å²) >= 11 is 1.25. The third-order valence-corrected chi connectivity index (χ3v) is 4.46. The Morgan fingerprint density at radius 3 is 2.84 bits per heavy atom. The van der Waals surface area contributed by atoms with Gasteiger partial charge in [-0.15, -0.1) is 0 Å². The van der Waals surface area contributed by atoms with E-state index in [4.69, 9.17) is 0 Å². The number of carbonyl (C=O) groups is 1. The Balaban J connectivity index is 1.72. The molecule has 0 radical (unpaired) electrons. The van der Waals surface area contributed by atoms with E-state index in [9.17, 15) is 9.59 Å². The maximum atomic E-state index is 11.9. The van der Waals surface area contributed by atoms with Crippen molar-refractivity contribution in [2.75, 3.05) is 12.3 Å². The van der Waals surface area contributed by atoms with Gasteiger partial charge in [0.25, 0.3) is 5.56 Å². The van der Waals surface area contributed by atoms with Crippen LogP contribution in [0.2, 0.25) is 0 Å². The van der Waals surface area contributed by atoms with Crippen LogP contribution in [0.1, 0.15) is 36.8 Å². The summed E-state index contributed by atoms with van der Waals surface area (Å²) in [6.45, 7) is 7.40. The standard InChI is InChI=1S/C17H25N5O2S/c1-4-6-14-10-15(23)20-17(19-14)25-11-16(24)18-7-5-8-22-13(3)9-12(2)21-22/h9-10H,4-8,11H2,1-3H3,(H,18,24)(H,19,20,23). The van der Waals surface area contributed by atoms with Gasteiger partial charge in [0.2, 0.25) is 5.91 Å². The van der Waals surface area contributed by atoms with Gasteiger partial charge < -0.3 is 10.3 Å². The van der Waals surface area contributed by atoms with Crippen molar-refractivity contribution in [2.45, 2.75) is 51.7 Å². The molecule has 0 fully saturated rings. The summed E-state index contributed by atoms with van der Waals surface area (Å²) in [4.78, 5) is 30.5. The number of H-pyrrole nitrogens is 1. The highest BCUT2D eigenvalue weighted by atomic mass is 32.2. The van der Waals surface area contributed by atoms with E-state index in [1.54, 1.807) is 0 Å². The molecule has 0 atom stereocenters. The highest BCUT2D eigenvalue weighted by molar-refractivity contribution is 7.99. The second-order valence-corrected chi connectivity index (χ2v) is 6.90. The first kappa shape index (κ1) is 19.2. The second kappa shape index (κ2) is 9.41. The predicted octanol–water partition coefficient (Wildman–Crippen LogP) is 1.83. The summed E-state index contributed by atoms with van der Waals surface area (Å²) < 4.78 is 1.95. The van der Waals surface area contributed by atoms with Crippen molar-refractivity contribution in [2.24, 2.45) is 0 Å². The SMILES string of the molecule is CCCc1cc(=O)[nH]c(SCC(=O)NCCCn2nc(C)cc2C)n1. The Labute approximate surface area is 151 Å². The van der Waals surface area contributed by atoms with Gasteiger partial charge in [0.1, 0.15) is 0 Å². The third-order valence-electron chi connectivity index (χ3n) is 3.59. The van der Waals surface area contributed by atoms with Crippen LogP contribution < -0.4 is 10.9 Å². The minimum absolute atomic E-state index is 0.0677. The molecule has 0 saturated heterocycles. The average Bonchev–Trinajstić information content (AvgIpc) is 2.87. The molecular formula is C17H25N5O2S. The first-order chi connectivity index (χ1) is 12.0. The number of aromatic amines is 1. The molecule has 0 unspecified atom stereocenters. The Kier molecular flexibility index (Phi) is 7.24. The smallest absolute Gasteiger partial charge is 0.251 e. The summed E-state index contributed by atoms with van der Waals surface area (Å²) in [6.07, 6.45) is 2.51. The van der Waals surface area contributed by atoms with Crippen molar-refractivity contribution in [3.8, 4) is 0 Å². The summed E-state index contributed by atoms with van der Waals surface area (Å²) in [5.41, 5.74) is 2.72. The molecule has 0 aliphatic rings. The van der Waals surface area contributed by atoms with Crippen molar-refractivity contribution < 1.29 is 4.79 Å². The first-order valence-electron chi connectivity index (χ1n) is 8.48. The molecule has 2 aromatic heterocycles. The number of hydrogen-bond donors (Lipinski definition) is 2. The molecule has 0 aromatic carbocycles. The lowest BCUT2D eigenvalue weighted by Gasteiger charge is -2.07. The quantitative estimate of drug-likeness (QED) is 0.403. The zero-order chi connectivity index (χ0) is 18.2. The number of rotatable bonds is 9. The second-order valence-electron chi connectivity index (χ2n) is 5.93. The lowest BCUT2D eigenvalue weighted by Crippen LogP contribution is -2.27. The van der Waals surface area contributed by atoms with E-state index in [1.807, 2.05) is 31.5 Å². The first-order valence-corrected chi connectivity index (χ1v) is 9.47. The van der Waals surface area contributed by atoms with E-state index >= 15 is 0 Å². The summed E-state index contributed by atoms with van der Waals surface area (Å²) in [5, 5.41) is 7.77. The van der Waals surface area contributed by atoms with Crippen LogP contribution in [0.4, 0.5) is 0 Å². The van der Waals surface area contributed by atoms with Crippen molar-refractivity contribution in [1.82, 2.24) is 25.1 Å². The minimum atomic E-state index is -0.175. The summed E-state index contributed by atoms with van der Waals surface area (Å²) in [6, 6.07) is 3.54. The lowest BCUT2D eigenvalue weighted by atomic mass is 10.2. The molecule has 2 aromatic rings. The number of nitrogens with zero attached hydrogens (tertiary/aromatic N) is 3. The average molecular weight is 363 g/mol. The number of nitrogens with one attached hydrogen (secondary N) is 2. The molecule has 1 amide bonds. The maximum absolute atomic E-state index is 11.9. The van der Waals surface area contributed by atoms with Crippen molar-refractivity contribution in [3.05, 3.63) is 39.6 Å². The van der Waals surface area contributed by atoms with Gasteiger partial charge in [-0.1, -0.05) is 25.1 Å². The molecule has 136 valence electrons. The number of aryl methyl sites for hydroxylation is 4. The van der Waals surface area contributed by atoms with E-state index in [2.05, 4.69) is 20.4 Å². The van der Waals surface area contributed by atoms with Crippen LogP contribution in [0.3, 0.4) is 0 Å². The fourth-order valence-electron chi connectivity index (χ4n) is 2.48. The van der Waals surface area contributed by atoms with Crippen molar-refractivity contribution in [1.29, 1.82) is 0 Å². The van der Waals surface area contributed by atoms with E-state index in [-0.39, 0.29) is 17.2 Å². The Hall–Kier alpha value is -2.09. The molecule has 2 N–H and O–H groups in total. The number of aromatic nitrogens is 4. The zero-order valence-corrected chi connectivity index (χ0v) is 15.8. The van der Waals surface area contributed by atoms with Gasteiger partial charge in [-0.2, -0.15) is 5.10 Å². The van der Waals surface area contributed by atoms with Gasteiger partial charge in [0, 0.05) is 30.5 Å². The van der Waals surface area contributed by atoms with Gasteiger partial charge in [-0.3, -0.25) is 14.3 Å². The van der Waals surface area contributed by atoms with E-state index in [0.717, 1.165) is 42.9 Å². The fraction of sp³-hybridized carbons (Fsp3) is 0.529. The maximum Gasteiger partial charge on any atom is 0.251 e. The molecular weight excluding hydrogens is 338 g/mol. The molecule has 2 rings (SSSR count). The van der Waals surface area contributed by atoms with Gasteiger partial charge in [0.05, 0.1) is 11.4 Å². The largest absolute Gasteiger partial charge is 0.355 e. The number of carbonyl (C=O) groups excluding carboxylic acids is 1. The van der Waals surface area contributed by atoms with Crippen LogP contribution in [-0.2, 0) is 17.8 Å². The molecule has 0 bridgehead atoms. The van der Waals surface area contributed by atoms with Crippen LogP contribution in [0, 0.1) is 13.8 Å². The van der Waals surface area contributed by atoms with Crippen molar-refractivity contribution >= 4 is 17.7 Å². The fourth-order valence-corrected chi connectivity index (χ4v) is 3.20. The van der Waals surface area contributed by atoms with Crippen LogP contribution in [0.5, 0.6) is 0 Å². The van der Waals surface area contributed by atoms with Crippen LogP contribution in [0.15, 0.2) is 22.1 Å². The molecule has 8 heteroatoms. The summed E-state index contributed by atoms with van der Waals surface area (Å²) in [5.74, 6) is 0.167. The molecule has 0 spiro atoms. The normalized spacial score (nSPS) is 10.8. The van der Waals surface area contributed by atoms with Gasteiger partial charge in [0.15, 0.2) is 5.16 Å². The van der Waals surface area contributed by atoms with E-state index < -0.39 is 0 Å². The molecule has 0 aliphatic heterocycles.